The topological polar surface area (TPSA) is 92.5 Å². The molecular formula is C10H14N6O. The van der Waals surface area contributed by atoms with Crippen molar-refractivity contribution in [3.05, 3.63) is 12.1 Å². The van der Waals surface area contributed by atoms with Gasteiger partial charge in [0, 0.05) is 0 Å². The van der Waals surface area contributed by atoms with E-state index in [0.717, 1.165) is 25.8 Å². The maximum absolute atomic E-state index is 5.36. The van der Waals surface area contributed by atoms with E-state index in [-0.39, 0.29) is 5.54 Å². The van der Waals surface area contributed by atoms with E-state index in [1.165, 1.54) is 0 Å². The fourth-order valence-corrected chi connectivity index (χ4v) is 2.27. The Morgan fingerprint density at radius 2 is 2.47 bits per heavy atom. The second-order valence-corrected chi connectivity index (χ2v) is 4.24. The predicted molar refractivity (Wildman–Crippen MR) is 58.9 cm³/mol. The molecule has 17 heavy (non-hydrogen) atoms. The minimum absolute atomic E-state index is 0.158. The monoisotopic (exact) mass is 234 g/mol. The summed E-state index contributed by atoms with van der Waals surface area (Å²) < 4.78 is 5.36. The summed E-state index contributed by atoms with van der Waals surface area (Å²) >= 11 is 0. The van der Waals surface area contributed by atoms with Gasteiger partial charge in [-0.05, 0) is 25.8 Å². The van der Waals surface area contributed by atoms with Crippen LogP contribution in [-0.4, -0.2) is 32.1 Å². The molecule has 2 aromatic rings. The maximum atomic E-state index is 5.36. The lowest BCUT2D eigenvalue weighted by Crippen LogP contribution is -2.36. The van der Waals surface area contributed by atoms with Crippen molar-refractivity contribution in [3.63, 3.8) is 0 Å². The molecule has 1 fully saturated rings. The summed E-state index contributed by atoms with van der Waals surface area (Å²) in [5, 5.41) is 17.6. The third-order valence-corrected chi connectivity index (χ3v) is 3.33. The molecule has 7 heteroatoms. The number of aromatic amines is 1. The van der Waals surface area contributed by atoms with Crippen LogP contribution < -0.4 is 5.32 Å². The first-order chi connectivity index (χ1) is 8.34. The number of nitrogens with zero attached hydrogens (tertiary/aromatic N) is 4. The molecule has 3 heterocycles. The molecule has 2 N–H and O–H groups in total. The maximum Gasteiger partial charge on any atom is 0.247 e. The van der Waals surface area contributed by atoms with E-state index in [9.17, 15) is 0 Å². The number of hydrogen-bond donors (Lipinski definition) is 2. The molecule has 0 radical (unpaired) electrons. The Hall–Kier alpha value is -1.76. The number of H-pyrrole nitrogens is 1. The molecule has 3 rings (SSSR count). The van der Waals surface area contributed by atoms with E-state index >= 15 is 0 Å². The molecule has 0 saturated carbocycles. The Morgan fingerprint density at radius 1 is 1.53 bits per heavy atom. The van der Waals surface area contributed by atoms with Crippen molar-refractivity contribution in [3.8, 4) is 11.5 Å². The predicted octanol–water partition coefficient (Wildman–Crippen LogP) is 0.843. The molecule has 0 aromatic carbocycles. The van der Waals surface area contributed by atoms with Crippen molar-refractivity contribution in [2.75, 3.05) is 6.54 Å². The van der Waals surface area contributed by atoms with Crippen LogP contribution in [0.15, 0.2) is 10.7 Å². The Morgan fingerprint density at radius 3 is 3.12 bits per heavy atom. The Bertz CT molecular complexity index is 485. The van der Waals surface area contributed by atoms with Gasteiger partial charge in [-0.1, -0.05) is 12.1 Å². The van der Waals surface area contributed by atoms with Crippen molar-refractivity contribution in [2.45, 2.75) is 31.7 Å². The van der Waals surface area contributed by atoms with Gasteiger partial charge in [0.05, 0.1) is 11.7 Å². The van der Waals surface area contributed by atoms with Gasteiger partial charge in [0.2, 0.25) is 11.7 Å². The lowest BCUT2D eigenvalue weighted by atomic mass is 9.94. The van der Waals surface area contributed by atoms with Gasteiger partial charge in [-0.2, -0.15) is 20.4 Å². The van der Waals surface area contributed by atoms with Crippen LogP contribution in [-0.2, 0) is 5.54 Å². The average Bonchev–Trinajstić information content (AvgIpc) is 3.10. The fraction of sp³-hybridized carbons (Fsp3) is 0.600. The molecule has 1 aliphatic rings. The first-order valence-electron chi connectivity index (χ1n) is 5.79. The molecular weight excluding hydrogens is 220 g/mol. The summed E-state index contributed by atoms with van der Waals surface area (Å²) in [6, 6.07) is 0. The Balaban J connectivity index is 1.94. The highest BCUT2D eigenvalue weighted by atomic mass is 16.5. The van der Waals surface area contributed by atoms with E-state index in [1.807, 2.05) is 0 Å². The molecule has 7 nitrogen and oxygen atoms in total. The van der Waals surface area contributed by atoms with Crippen molar-refractivity contribution < 1.29 is 4.52 Å². The van der Waals surface area contributed by atoms with Crippen molar-refractivity contribution in [2.24, 2.45) is 0 Å². The number of nitrogens with one attached hydrogen (secondary N) is 2. The number of aromatic nitrogens is 5. The van der Waals surface area contributed by atoms with Crippen molar-refractivity contribution >= 4 is 0 Å². The standard InChI is InChI=1S/C10H14N6O/c1-2-10(4-3-5-11-10)9-13-8(15-17-9)7-6-12-16-14-7/h6,11H,2-5H2,1H3,(H,12,14,16). The number of hydrogen-bond acceptors (Lipinski definition) is 6. The van der Waals surface area contributed by atoms with E-state index in [2.05, 4.69) is 37.8 Å². The highest BCUT2D eigenvalue weighted by molar-refractivity contribution is 5.45. The van der Waals surface area contributed by atoms with Gasteiger partial charge >= 0.3 is 0 Å². The SMILES string of the molecule is CCC1(c2nc(-c3cn[nH]n3)no2)CCCN1. The fourth-order valence-electron chi connectivity index (χ4n) is 2.27. The van der Waals surface area contributed by atoms with Crippen LogP contribution in [0.5, 0.6) is 0 Å². The molecule has 1 aliphatic heterocycles. The van der Waals surface area contributed by atoms with Crippen LogP contribution >= 0.6 is 0 Å². The molecule has 0 spiro atoms. The Kier molecular flexibility index (Phi) is 2.40. The van der Waals surface area contributed by atoms with Crippen LogP contribution in [0.3, 0.4) is 0 Å². The Labute approximate surface area is 98.0 Å². The minimum Gasteiger partial charge on any atom is -0.337 e. The van der Waals surface area contributed by atoms with Crippen LogP contribution in [0.2, 0.25) is 0 Å². The second-order valence-electron chi connectivity index (χ2n) is 4.24. The van der Waals surface area contributed by atoms with Gasteiger partial charge in [-0.25, -0.2) is 0 Å². The normalized spacial score (nSPS) is 24.3. The summed E-state index contributed by atoms with van der Waals surface area (Å²) in [5.74, 6) is 1.13. The second kappa shape index (κ2) is 3.92. The average molecular weight is 234 g/mol. The van der Waals surface area contributed by atoms with Crippen molar-refractivity contribution in [1.29, 1.82) is 0 Å². The van der Waals surface area contributed by atoms with Crippen LogP contribution in [0.4, 0.5) is 0 Å². The van der Waals surface area contributed by atoms with Gasteiger partial charge in [0.25, 0.3) is 0 Å². The number of rotatable bonds is 3. The lowest BCUT2D eigenvalue weighted by Gasteiger charge is -2.22. The lowest BCUT2D eigenvalue weighted by molar-refractivity contribution is 0.250. The largest absolute Gasteiger partial charge is 0.337 e. The quantitative estimate of drug-likeness (QED) is 0.817. The molecule has 0 bridgehead atoms. The van der Waals surface area contributed by atoms with Crippen LogP contribution in [0.1, 0.15) is 32.1 Å². The highest BCUT2D eigenvalue weighted by Crippen LogP contribution is 2.33. The summed E-state index contributed by atoms with van der Waals surface area (Å²) in [4.78, 5) is 4.41. The molecule has 0 amide bonds. The van der Waals surface area contributed by atoms with Crippen LogP contribution in [0, 0.1) is 0 Å². The van der Waals surface area contributed by atoms with Crippen molar-refractivity contribution in [1.82, 2.24) is 30.9 Å². The molecule has 1 atom stereocenters. The third kappa shape index (κ3) is 1.62. The van der Waals surface area contributed by atoms with E-state index < -0.39 is 0 Å². The molecule has 90 valence electrons. The molecule has 0 aliphatic carbocycles. The summed E-state index contributed by atoms with van der Waals surface area (Å²) in [6.07, 6.45) is 4.68. The molecule has 2 aromatic heterocycles. The van der Waals surface area contributed by atoms with Gasteiger partial charge in [-0.3, -0.25) is 0 Å². The first kappa shape index (κ1) is 10.4. The summed E-state index contributed by atoms with van der Waals surface area (Å²) in [6.45, 7) is 3.12. The summed E-state index contributed by atoms with van der Waals surface area (Å²) in [7, 11) is 0. The van der Waals surface area contributed by atoms with E-state index in [4.69, 9.17) is 4.52 Å². The summed E-state index contributed by atoms with van der Waals surface area (Å²) in [5.41, 5.74) is 0.443. The van der Waals surface area contributed by atoms with E-state index in [0.29, 0.717) is 17.4 Å². The smallest absolute Gasteiger partial charge is 0.247 e. The van der Waals surface area contributed by atoms with Crippen LogP contribution in [0.25, 0.3) is 11.5 Å². The first-order valence-corrected chi connectivity index (χ1v) is 5.79. The van der Waals surface area contributed by atoms with Gasteiger partial charge < -0.3 is 9.84 Å². The zero-order chi connectivity index (χ0) is 11.7. The molecule has 1 unspecified atom stereocenters. The van der Waals surface area contributed by atoms with Gasteiger partial charge in [0.15, 0.2) is 5.69 Å². The zero-order valence-electron chi connectivity index (χ0n) is 9.60. The van der Waals surface area contributed by atoms with Gasteiger partial charge in [-0.15, -0.1) is 0 Å². The third-order valence-electron chi connectivity index (χ3n) is 3.33. The molecule has 1 saturated heterocycles. The minimum atomic E-state index is -0.158. The van der Waals surface area contributed by atoms with E-state index in [1.54, 1.807) is 6.20 Å². The van der Waals surface area contributed by atoms with Gasteiger partial charge in [0.1, 0.15) is 0 Å². The highest BCUT2D eigenvalue weighted by Gasteiger charge is 2.39. The zero-order valence-corrected chi connectivity index (χ0v) is 9.60.